The highest BCUT2D eigenvalue weighted by molar-refractivity contribution is 6.37. The number of nitrogens with zero attached hydrogens (tertiary/aromatic N) is 1. The number of carbonyl (C=O) groups excluding carboxylic acids is 2. The zero-order valence-electron chi connectivity index (χ0n) is 15.8. The molecule has 30 heavy (non-hydrogen) atoms. The van der Waals surface area contributed by atoms with Gasteiger partial charge in [0.25, 0.3) is 5.91 Å². The second kappa shape index (κ2) is 8.18. The van der Waals surface area contributed by atoms with E-state index in [4.69, 9.17) is 23.2 Å². The number of rotatable bonds is 4. The number of carbonyl (C=O) groups is 2. The first-order valence-electron chi connectivity index (χ1n) is 9.03. The summed E-state index contributed by atoms with van der Waals surface area (Å²) in [5.74, 6) is 0.230. The van der Waals surface area contributed by atoms with E-state index < -0.39 is 0 Å². The van der Waals surface area contributed by atoms with Gasteiger partial charge in [-0.05, 0) is 60.7 Å². The highest BCUT2D eigenvalue weighted by Gasteiger charge is 2.12. The van der Waals surface area contributed by atoms with Crippen molar-refractivity contribution < 1.29 is 9.59 Å². The molecule has 0 aliphatic rings. The zero-order chi connectivity index (χ0) is 21.3. The number of H-pyrrole nitrogens is 1. The molecular weight excluding hydrogens is 423 g/mol. The molecule has 1 aromatic heterocycles. The Balaban J connectivity index is 1.56. The Hall–Kier alpha value is -3.35. The first kappa shape index (κ1) is 19.9. The normalized spacial score (nSPS) is 10.8. The molecule has 0 bridgehead atoms. The number of aromatic amines is 1. The minimum absolute atomic E-state index is 0.124. The van der Waals surface area contributed by atoms with E-state index in [0.29, 0.717) is 27.8 Å². The summed E-state index contributed by atoms with van der Waals surface area (Å²) in [4.78, 5) is 31.5. The van der Waals surface area contributed by atoms with Crippen LogP contribution in [0.4, 0.5) is 11.4 Å². The number of hydrogen-bond donors (Lipinski definition) is 3. The maximum absolute atomic E-state index is 12.5. The van der Waals surface area contributed by atoms with Gasteiger partial charge in [0, 0.05) is 28.9 Å². The van der Waals surface area contributed by atoms with Crippen molar-refractivity contribution in [3.63, 3.8) is 0 Å². The maximum atomic E-state index is 12.5. The molecule has 3 aromatic carbocycles. The molecular formula is C22H16Cl2N4O2. The number of aromatic nitrogens is 2. The van der Waals surface area contributed by atoms with Crippen LogP contribution in [0, 0.1) is 0 Å². The van der Waals surface area contributed by atoms with Crippen molar-refractivity contribution in [2.24, 2.45) is 0 Å². The van der Waals surface area contributed by atoms with Crippen LogP contribution in [0.25, 0.3) is 22.4 Å². The molecule has 6 nitrogen and oxygen atoms in total. The fourth-order valence-corrected chi connectivity index (χ4v) is 3.51. The van der Waals surface area contributed by atoms with Crippen LogP contribution in [0.15, 0.2) is 60.7 Å². The number of fused-ring (bicyclic) bond motifs is 1. The summed E-state index contributed by atoms with van der Waals surface area (Å²) in [6, 6.07) is 17.5. The number of hydrogen-bond acceptors (Lipinski definition) is 3. The van der Waals surface area contributed by atoms with Gasteiger partial charge in [-0.15, -0.1) is 0 Å². The summed E-state index contributed by atoms with van der Waals surface area (Å²) in [7, 11) is 0. The van der Waals surface area contributed by atoms with Gasteiger partial charge in [0.15, 0.2) is 0 Å². The van der Waals surface area contributed by atoms with Gasteiger partial charge in [-0.1, -0.05) is 23.2 Å². The molecule has 0 aliphatic carbocycles. The van der Waals surface area contributed by atoms with Crippen molar-refractivity contribution in [3.8, 4) is 11.4 Å². The summed E-state index contributed by atoms with van der Waals surface area (Å²) in [5.41, 5.74) is 4.07. The van der Waals surface area contributed by atoms with Crippen LogP contribution in [0.1, 0.15) is 17.3 Å². The molecule has 0 radical (unpaired) electrons. The van der Waals surface area contributed by atoms with Gasteiger partial charge >= 0.3 is 0 Å². The summed E-state index contributed by atoms with van der Waals surface area (Å²) in [5, 5.41) is 6.31. The topological polar surface area (TPSA) is 86.9 Å². The summed E-state index contributed by atoms with van der Waals surface area (Å²) in [6.45, 7) is 1.46. The Morgan fingerprint density at radius 1 is 0.900 bits per heavy atom. The Kier molecular flexibility index (Phi) is 5.44. The van der Waals surface area contributed by atoms with Crippen LogP contribution in [0.2, 0.25) is 10.0 Å². The van der Waals surface area contributed by atoms with Crippen molar-refractivity contribution in [2.75, 3.05) is 10.6 Å². The van der Waals surface area contributed by atoms with Crippen LogP contribution in [0.5, 0.6) is 0 Å². The molecule has 150 valence electrons. The predicted octanol–water partition coefficient (Wildman–Crippen LogP) is 5.75. The van der Waals surface area contributed by atoms with Crippen LogP contribution in [-0.2, 0) is 4.79 Å². The molecule has 4 aromatic rings. The molecule has 0 fully saturated rings. The molecule has 0 unspecified atom stereocenters. The van der Waals surface area contributed by atoms with E-state index in [-0.39, 0.29) is 16.8 Å². The summed E-state index contributed by atoms with van der Waals surface area (Å²) < 4.78 is 0. The smallest absolute Gasteiger partial charge is 0.257 e. The lowest BCUT2D eigenvalue weighted by molar-refractivity contribution is -0.114. The first-order chi connectivity index (χ1) is 14.4. The average Bonchev–Trinajstić information content (AvgIpc) is 3.11. The third kappa shape index (κ3) is 4.30. The van der Waals surface area contributed by atoms with Crippen molar-refractivity contribution >= 4 is 57.4 Å². The minimum atomic E-state index is -0.329. The third-order valence-electron chi connectivity index (χ3n) is 4.39. The third-order valence-corrected chi connectivity index (χ3v) is 4.94. The maximum Gasteiger partial charge on any atom is 0.257 e. The quantitative estimate of drug-likeness (QED) is 0.379. The summed E-state index contributed by atoms with van der Waals surface area (Å²) >= 11 is 12.0. The van der Waals surface area contributed by atoms with Crippen molar-refractivity contribution in [2.45, 2.75) is 6.92 Å². The predicted molar refractivity (Wildman–Crippen MR) is 120 cm³/mol. The van der Waals surface area contributed by atoms with Gasteiger partial charge in [0.05, 0.1) is 21.6 Å². The van der Waals surface area contributed by atoms with Gasteiger partial charge in [-0.3, -0.25) is 9.59 Å². The number of anilines is 2. The molecule has 0 atom stereocenters. The Bertz CT molecular complexity index is 1270. The van der Waals surface area contributed by atoms with Crippen molar-refractivity contribution in [1.82, 2.24) is 9.97 Å². The molecule has 2 amide bonds. The lowest BCUT2D eigenvalue weighted by Crippen LogP contribution is -2.12. The summed E-state index contributed by atoms with van der Waals surface area (Å²) in [6.07, 6.45) is 0. The largest absolute Gasteiger partial charge is 0.338 e. The lowest BCUT2D eigenvalue weighted by Gasteiger charge is -2.07. The zero-order valence-corrected chi connectivity index (χ0v) is 17.3. The number of halogens is 2. The number of imidazole rings is 1. The van der Waals surface area contributed by atoms with Gasteiger partial charge in [-0.25, -0.2) is 4.98 Å². The highest BCUT2D eigenvalue weighted by atomic mass is 35.5. The Morgan fingerprint density at radius 2 is 1.63 bits per heavy atom. The molecule has 8 heteroatoms. The molecule has 3 N–H and O–H groups in total. The van der Waals surface area contributed by atoms with Crippen LogP contribution < -0.4 is 10.6 Å². The second-order valence-electron chi connectivity index (χ2n) is 6.65. The Morgan fingerprint density at radius 3 is 2.33 bits per heavy atom. The molecule has 4 rings (SSSR count). The molecule has 0 saturated carbocycles. The van der Waals surface area contributed by atoms with E-state index in [0.717, 1.165) is 16.6 Å². The minimum Gasteiger partial charge on any atom is -0.338 e. The van der Waals surface area contributed by atoms with E-state index in [2.05, 4.69) is 20.6 Å². The van der Waals surface area contributed by atoms with Gasteiger partial charge in [-0.2, -0.15) is 0 Å². The van der Waals surface area contributed by atoms with Gasteiger partial charge < -0.3 is 15.6 Å². The van der Waals surface area contributed by atoms with Crippen LogP contribution >= 0.6 is 23.2 Å². The monoisotopic (exact) mass is 438 g/mol. The van der Waals surface area contributed by atoms with Crippen LogP contribution in [0.3, 0.4) is 0 Å². The molecule has 0 spiro atoms. The average molecular weight is 439 g/mol. The highest BCUT2D eigenvalue weighted by Crippen LogP contribution is 2.26. The fourth-order valence-electron chi connectivity index (χ4n) is 3.01. The van der Waals surface area contributed by atoms with E-state index in [1.54, 1.807) is 24.3 Å². The number of benzene rings is 3. The lowest BCUT2D eigenvalue weighted by atomic mass is 10.2. The van der Waals surface area contributed by atoms with Crippen molar-refractivity contribution in [3.05, 3.63) is 76.3 Å². The van der Waals surface area contributed by atoms with Crippen molar-refractivity contribution in [1.29, 1.82) is 0 Å². The van der Waals surface area contributed by atoms with E-state index in [1.165, 1.54) is 13.0 Å². The fraction of sp³-hybridized carbons (Fsp3) is 0.0455. The second-order valence-corrected chi connectivity index (χ2v) is 7.50. The molecule has 1 heterocycles. The SMILES string of the molecule is CC(=O)Nc1ccc(-c2nc3ccc(NC(=O)c4ccc(Cl)cc4Cl)cc3[nH]2)cc1. The van der Waals surface area contributed by atoms with E-state index in [9.17, 15) is 9.59 Å². The van der Waals surface area contributed by atoms with Crippen LogP contribution in [-0.4, -0.2) is 21.8 Å². The standard InChI is InChI=1S/C22H16Cl2N4O2/c1-12(29)25-15-5-2-13(3-6-15)21-27-19-9-7-16(11-20(19)28-21)26-22(30)17-8-4-14(23)10-18(17)24/h2-11H,1H3,(H,25,29)(H,26,30)(H,27,28). The van der Waals surface area contributed by atoms with Gasteiger partial charge in [0.2, 0.25) is 5.91 Å². The molecule has 0 aliphatic heterocycles. The van der Waals surface area contributed by atoms with E-state index >= 15 is 0 Å². The van der Waals surface area contributed by atoms with Gasteiger partial charge in [0.1, 0.15) is 5.82 Å². The molecule has 0 saturated heterocycles. The Labute approximate surface area is 182 Å². The number of nitrogens with one attached hydrogen (secondary N) is 3. The number of amides is 2. The first-order valence-corrected chi connectivity index (χ1v) is 9.79. The van der Waals surface area contributed by atoms with E-state index in [1.807, 2.05) is 30.3 Å².